The minimum absolute atomic E-state index is 0.289. The highest BCUT2D eigenvalue weighted by atomic mass is 19.4. The molecule has 0 spiro atoms. The SMILES string of the molecule is O=C(NOCC(F)(F)F)C1CCNC1. The van der Waals surface area contributed by atoms with Crippen LogP contribution in [0.15, 0.2) is 0 Å². The van der Waals surface area contributed by atoms with Gasteiger partial charge in [0, 0.05) is 6.54 Å². The molecule has 1 atom stereocenters. The van der Waals surface area contributed by atoms with Crippen molar-refractivity contribution in [3.8, 4) is 0 Å². The van der Waals surface area contributed by atoms with Crippen LogP contribution in [0.3, 0.4) is 0 Å². The Balaban J connectivity index is 2.15. The number of halogens is 3. The zero-order valence-corrected chi connectivity index (χ0v) is 7.36. The maximum Gasteiger partial charge on any atom is 0.414 e. The molecule has 4 nitrogen and oxygen atoms in total. The molecule has 1 heterocycles. The lowest BCUT2D eigenvalue weighted by Gasteiger charge is -2.10. The first-order valence-electron chi connectivity index (χ1n) is 4.18. The minimum atomic E-state index is -4.42. The van der Waals surface area contributed by atoms with E-state index in [1.54, 1.807) is 5.48 Å². The Hall–Kier alpha value is -0.820. The van der Waals surface area contributed by atoms with Gasteiger partial charge in [-0.1, -0.05) is 0 Å². The maximum absolute atomic E-state index is 11.6. The van der Waals surface area contributed by atoms with E-state index < -0.39 is 18.7 Å². The van der Waals surface area contributed by atoms with Gasteiger partial charge in [-0.2, -0.15) is 13.2 Å². The smallest absolute Gasteiger partial charge is 0.316 e. The largest absolute Gasteiger partial charge is 0.414 e. The molecule has 1 saturated heterocycles. The van der Waals surface area contributed by atoms with E-state index in [9.17, 15) is 18.0 Å². The topological polar surface area (TPSA) is 50.4 Å². The van der Waals surface area contributed by atoms with Crippen molar-refractivity contribution in [3.05, 3.63) is 0 Å². The van der Waals surface area contributed by atoms with Crippen molar-refractivity contribution in [2.75, 3.05) is 19.7 Å². The summed E-state index contributed by atoms with van der Waals surface area (Å²) < 4.78 is 34.8. The molecular formula is C7H11F3N2O2. The third-order valence-corrected chi connectivity index (χ3v) is 1.84. The van der Waals surface area contributed by atoms with Crippen molar-refractivity contribution in [1.82, 2.24) is 10.8 Å². The molecular weight excluding hydrogens is 201 g/mol. The molecule has 1 amide bonds. The molecule has 1 rings (SSSR count). The molecule has 1 fully saturated rings. The van der Waals surface area contributed by atoms with Gasteiger partial charge in [-0.05, 0) is 13.0 Å². The molecule has 14 heavy (non-hydrogen) atoms. The molecule has 82 valence electrons. The first-order chi connectivity index (χ1) is 6.49. The van der Waals surface area contributed by atoms with Gasteiger partial charge in [-0.3, -0.25) is 9.63 Å². The second-order valence-corrected chi connectivity index (χ2v) is 3.06. The second-order valence-electron chi connectivity index (χ2n) is 3.06. The monoisotopic (exact) mass is 212 g/mol. The molecule has 2 N–H and O–H groups in total. The van der Waals surface area contributed by atoms with E-state index >= 15 is 0 Å². The second kappa shape index (κ2) is 4.61. The first-order valence-corrected chi connectivity index (χ1v) is 4.18. The number of alkyl halides is 3. The van der Waals surface area contributed by atoms with Crippen molar-refractivity contribution in [1.29, 1.82) is 0 Å². The van der Waals surface area contributed by atoms with E-state index in [0.29, 0.717) is 19.5 Å². The Morgan fingerprint density at radius 2 is 2.29 bits per heavy atom. The van der Waals surface area contributed by atoms with Gasteiger partial charge in [0.25, 0.3) is 0 Å². The third-order valence-electron chi connectivity index (χ3n) is 1.84. The van der Waals surface area contributed by atoms with Crippen molar-refractivity contribution in [2.45, 2.75) is 12.6 Å². The van der Waals surface area contributed by atoms with Crippen LogP contribution in [-0.2, 0) is 9.63 Å². The van der Waals surface area contributed by atoms with E-state index in [1.807, 2.05) is 0 Å². The van der Waals surface area contributed by atoms with Crippen LogP contribution in [0.2, 0.25) is 0 Å². The number of carbonyl (C=O) groups excluding carboxylic acids is 1. The van der Waals surface area contributed by atoms with Crippen LogP contribution in [0.25, 0.3) is 0 Å². The fourth-order valence-corrected chi connectivity index (χ4v) is 1.15. The highest BCUT2D eigenvalue weighted by Gasteiger charge is 2.29. The van der Waals surface area contributed by atoms with Crippen LogP contribution in [0.1, 0.15) is 6.42 Å². The molecule has 1 aliphatic heterocycles. The summed E-state index contributed by atoms with van der Waals surface area (Å²) in [7, 11) is 0. The van der Waals surface area contributed by atoms with Crippen LogP contribution >= 0.6 is 0 Å². The molecule has 0 bridgehead atoms. The summed E-state index contributed by atoms with van der Waals surface area (Å²) in [6.07, 6.45) is -3.79. The van der Waals surface area contributed by atoms with Crippen molar-refractivity contribution >= 4 is 5.91 Å². The lowest BCUT2D eigenvalue weighted by molar-refractivity contribution is -0.192. The standard InChI is InChI=1S/C7H11F3N2O2/c8-7(9,10)4-14-12-6(13)5-1-2-11-3-5/h5,11H,1-4H2,(H,12,13). The van der Waals surface area contributed by atoms with Crippen molar-refractivity contribution < 1.29 is 22.8 Å². The number of carbonyl (C=O) groups is 1. The normalized spacial score (nSPS) is 22.4. The van der Waals surface area contributed by atoms with E-state index in [1.165, 1.54) is 0 Å². The lowest BCUT2D eigenvalue weighted by Crippen LogP contribution is -2.34. The number of rotatable bonds is 3. The van der Waals surface area contributed by atoms with Gasteiger partial charge in [-0.25, -0.2) is 5.48 Å². The molecule has 0 radical (unpaired) electrons. The van der Waals surface area contributed by atoms with E-state index in [0.717, 1.165) is 0 Å². The fraction of sp³-hybridized carbons (Fsp3) is 0.857. The van der Waals surface area contributed by atoms with Gasteiger partial charge < -0.3 is 5.32 Å². The number of hydroxylamine groups is 1. The molecule has 0 aromatic rings. The molecule has 0 aromatic heterocycles. The van der Waals surface area contributed by atoms with Crippen molar-refractivity contribution in [3.63, 3.8) is 0 Å². The summed E-state index contributed by atoms with van der Waals surface area (Å²) in [6, 6.07) is 0. The molecule has 0 aromatic carbocycles. The van der Waals surface area contributed by atoms with Crippen LogP contribution in [-0.4, -0.2) is 31.8 Å². The zero-order valence-electron chi connectivity index (χ0n) is 7.36. The summed E-state index contributed by atoms with van der Waals surface area (Å²) in [5.74, 6) is -0.789. The van der Waals surface area contributed by atoms with Gasteiger partial charge in [0.2, 0.25) is 5.91 Å². The quantitative estimate of drug-likeness (QED) is 0.657. The van der Waals surface area contributed by atoms with Gasteiger partial charge in [0.1, 0.15) is 0 Å². The highest BCUT2D eigenvalue weighted by molar-refractivity contribution is 5.78. The summed E-state index contributed by atoms with van der Waals surface area (Å²) in [6.45, 7) is -0.266. The van der Waals surface area contributed by atoms with Crippen LogP contribution in [0.5, 0.6) is 0 Å². The van der Waals surface area contributed by atoms with Crippen LogP contribution < -0.4 is 10.8 Å². The number of hydrogen-bond donors (Lipinski definition) is 2. The molecule has 1 unspecified atom stereocenters. The Bertz CT molecular complexity index is 202. The summed E-state index contributed by atoms with van der Waals surface area (Å²) in [4.78, 5) is 15.1. The Labute approximate surface area is 78.7 Å². The lowest BCUT2D eigenvalue weighted by atomic mass is 10.1. The number of hydrogen-bond acceptors (Lipinski definition) is 3. The molecule has 7 heteroatoms. The van der Waals surface area contributed by atoms with Crippen LogP contribution in [0, 0.1) is 5.92 Å². The van der Waals surface area contributed by atoms with Gasteiger partial charge in [-0.15, -0.1) is 0 Å². The first kappa shape index (κ1) is 11.3. The predicted octanol–water partition coefficient (Wildman–Crippen LogP) is 0.206. The van der Waals surface area contributed by atoms with Gasteiger partial charge in [0.15, 0.2) is 6.61 Å². The van der Waals surface area contributed by atoms with Crippen molar-refractivity contribution in [2.24, 2.45) is 5.92 Å². The third kappa shape index (κ3) is 3.93. The van der Waals surface area contributed by atoms with E-state index in [-0.39, 0.29) is 5.92 Å². The average Bonchev–Trinajstić information content (AvgIpc) is 2.53. The van der Waals surface area contributed by atoms with Gasteiger partial charge >= 0.3 is 6.18 Å². The zero-order chi connectivity index (χ0) is 10.6. The highest BCUT2D eigenvalue weighted by Crippen LogP contribution is 2.14. The Morgan fingerprint density at radius 1 is 1.57 bits per heavy atom. The van der Waals surface area contributed by atoms with Gasteiger partial charge in [0.05, 0.1) is 5.92 Å². The van der Waals surface area contributed by atoms with E-state index in [4.69, 9.17) is 0 Å². The molecule has 1 aliphatic rings. The Morgan fingerprint density at radius 3 is 2.79 bits per heavy atom. The maximum atomic E-state index is 11.6. The van der Waals surface area contributed by atoms with Crippen LogP contribution in [0.4, 0.5) is 13.2 Å². The number of amides is 1. The summed E-state index contributed by atoms with van der Waals surface area (Å²) in [5.41, 5.74) is 1.78. The molecule has 0 aliphatic carbocycles. The molecule has 0 saturated carbocycles. The summed E-state index contributed by atoms with van der Waals surface area (Å²) in [5, 5.41) is 2.92. The fourth-order valence-electron chi connectivity index (χ4n) is 1.15. The average molecular weight is 212 g/mol. The van der Waals surface area contributed by atoms with E-state index in [2.05, 4.69) is 10.2 Å². The minimum Gasteiger partial charge on any atom is -0.316 e. The Kier molecular flexibility index (Phi) is 3.70. The predicted molar refractivity (Wildman–Crippen MR) is 41.1 cm³/mol. The number of nitrogens with one attached hydrogen (secondary N) is 2. The summed E-state index contributed by atoms with van der Waals surface area (Å²) >= 11 is 0.